The molecule has 0 radical (unpaired) electrons. The Bertz CT molecular complexity index is 856. The van der Waals surface area contributed by atoms with Gasteiger partial charge in [-0.25, -0.2) is 0 Å². The van der Waals surface area contributed by atoms with Crippen LogP contribution in [0.25, 0.3) is 0 Å². The average molecular weight is 418 g/mol. The topological polar surface area (TPSA) is 85.1 Å². The standard InChI is InChI=1S/C11H13NO2.C10H14N2O2S/c1-12(2)11(14)10-5-3-9(4-6-10)7-8-13;1-12-6-4-7(13-2)8(14-3)5-9(6)15-10(12)11/h3-6,8H,7H2,1-2H3;4-5,10H,11H2,1-3H3. The molecule has 0 bridgehead atoms. The van der Waals surface area contributed by atoms with Crippen LogP contribution in [0.15, 0.2) is 41.3 Å². The first-order valence-electron chi connectivity index (χ1n) is 8.97. The number of nitrogens with two attached hydrogens (primary N) is 1. The van der Waals surface area contributed by atoms with Crippen molar-refractivity contribution in [1.29, 1.82) is 0 Å². The maximum absolute atomic E-state index is 11.5. The molecule has 0 fully saturated rings. The predicted molar refractivity (Wildman–Crippen MR) is 116 cm³/mol. The molecule has 0 aromatic heterocycles. The normalized spacial score (nSPS) is 14.4. The number of ether oxygens (including phenoxy) is 2. The third-order valence-corrected chi connectivity index (χ3v) is 5.54. The summed E-state index contributed by atoms with van der Waals surface area (Å²) < 4.78 is 10.5. The molecule has 0 aliphatic carbocycles. The fraction of sp³-hybridized carbons (Fsp3) is 0.333. The summed E-state index contributed by atoms with van der Waals surface area (Å²) in [5.74, 6) is 1.45. The summed E-state index contributed by atoms with van der Waals surface area (Å²) in [6.45, 7) is 0. The molecular formula is C21H27N3O4S. The average Bonchev–Trinajstić information content (AvgIpc) is 3.00. The van der Waals surface area contributed by atoms with Gasteiger partial charge in [0, 0.05) is 44.1 Å². The van der Waals surface area contributed by atoms with Gasteiger partial charge in [0.05, 0.1) is 19.9 Å². The lowest BCUT2D eigenvalue weighted by Gasteiger charge is -2.17. The van der Waals surface area contributed by atoms with Crippen LogP contribution in [0.2, 0.25) is 0 Å². The lowest BCUT2D eigenvalue weighted by molar-refractivity contribution is -0.107. The van der Waals surface area contributed by atoms with E-state index in [0.717, 1.165) is 33.9 Å². The first kappa shape index (κ1) is 22.6. The molecule has 8 heteroatoms. The highest BCUT2D eigenvalue weighted by Crippen LogP contribution is 2.46. The lowest BCUT2D eigenvalue weighted by atomic mass is 10.1. The number of hydrogen-bond acceptors (Lipinski definition) is 7. The molecule has 0 saturated carbocycles. The van der Waals surface area contributed by atoms with Gasteiger partial charge in [0.15, 0.2) is 11.5 Å². The van der Waals surface area contributed by atoms with Crippen molar-refractivity contribution >= 4 is 29.6 Å². The summed E-state index contributed by atoms with van der Waals surface area (Å²) in [5, 5.41) is 0. The molecule has 156 valence electrons. The molecule has 1 amide bonds. The Morgan fingerprint density at radius 2 is 1.76 bits per heavy atom. The van der Waals surface area contributed by atoms with Crippen LogP contribution in [0.5, 0.6) is 11.5 Å². The lowest BCUT2D eigenvalue weighted by Crippen LogP contribution is -2.32. The summed E-state index contributed by atoms with van der Waals surface area (Å²) in [4.78, 5) is 26.4. The molecule has 1 atom stereocenters. The van der Waals surface area contributed by atoms with Crippen LogP contribution in [-0.4, -0.2) is 58.0 Å². The van der Waals surface area contributed by atoms with E-state index in [9.17, 15) is 9.59 Å². The number of methoxy groups -OCH3 is 2. The number of aldehydes is 1. The summed E-state index contributed by atoms with van der Waals surface area (Å²) >= 11 is 1.62. The van der Waals surface area contributed by atoms with Crippen LogP contribution < -0.4 is 20.1 Å². The van der Waals surface area contributed by atoms with Gasteiger partial charge in [-0.05, 0) is 23.8 Å². The van der Waals surface area contributed by atoms with Gasteiger partial charge in [-0.15, -0.1) is 0 Å². The fourth-order valence-electron chi connectivity index (χ4n) is 2.70. The molecule has 1 unspecified atom stereocenters. The molecular weight excluding hydrogens is 390 g/mol. The summed E-state index contributed by atoms with van der Waals surface area (Å²) in [7, 11) is 8.65. The minimum Gasteiger partial charge on any atom is -0.493 e. The number of nitrogens with zero attached hydrogens (tertiary/aromatic N) is 2. The van der Waals surface area contributed by atoms with Crippen molar-refractivity contribution in [3.8, 4) is 11.5 Å². The first-order chi connectivity index (χ1) is 13.8. The highest BCUT2D eigenvalue weighted by Gasteiger charge is 2.26. The van der Waals surface area contributed by atoms with Gasteiger partial charge in [-0.2, -0.15) is 0 Å². The van der Waals surface area contributed by atoms with E-state index in [-0.39, 0.29) is 11.4 Å². The molecule has 0 saturated heterocycles. The number of carbonyl (C=O) groups is 2. The van der Waals surface area contributed by atoms with Crippen LogP contribution in [0, 0.1) is 0 Å². The number of anilines is 1. The minimum absolute atomic E-state index is 0.0253. The van der Waals surface area contributed by atoms with Crippen LogP contribution in [-0.2, 0) is 11.2 Å². The zero-order valence-electron chi connectivity index (χ0n) is 17.3. The number of thioether (sulfide) groups is 1. The van der Waals surface area contributed by atoms with E-state index in [0.29, 0.717) is 12.0 Å². The van der Waals surface area contributed by atoms with Crippen LogP contribution in [0.4, 0.5) is 5.69 Å². The monoisotopic (exact) mass is 417 g/mol. The second-order valence-electron chi connectivity index (χ2n) is 6.56. The molecule has 2 aromatic carbocycles. The third-order valence-electron chi connectivity index (χ3n) is 4.40. The second kappa shape index (κ2) is 10.2. The van der Waals surface area contributed by atoms with Gasteiger partial charge in [0.2, 0.25) is 0 Å². The van der Waals surface area contributed by atoms with Gasteiger partial charge in [0.25, 0.3) is 5.91 Å². The van der Waals surface area contributed by atoms with E-state index in [1.807, 2.05) is 24.1 Å². The molecule has 3 rings (SSSR count). The van der Waals surface area contributed by atoms with Crippen LogP contribution >= 0.6 is 11.8 Å². The van der Waals surface area contributed by atoms with Crippen molar-refractivity contribution in [3.05, 3.63) is 47.5 Å². The van der Waals surface area contributed by atoms with Gasteiger partial charge in [0.1, 0.15) is 11.8 Å². The van der Waals surface area contributed by atoms with Gasteiger partial charge in [-0.3, -0.25) is 4.79 Å². The maximum atomic E-state index is 11.5. The van der Waals surface area contributed by atoms with Crippen molar-refractivity contribution in [2.45, 2.75) is 16.8 Å². The number of hydrogen-bond donors (Lipinski definition) is 1. The predicted octanol–water partition coefficient (Wildman–Crippen LogP) is 2.62. The van der Waals surface area contributed by atoms with E-state index >= 15 is 0 Å². The molecule has 0 spiro atoms. The summed E-state index contributed by atoms with van der Waals surface area (Å²) in [5.41, 5.74) is 8.55. The van der Waals surface area contributed by atoms with Gasteiger partial charge in [-0.1, -0.05) is 23.9 Å². The molecule has 1 heterocycles. The minimum atomic E-state index is -0.0307. The number of carbonyl (C=O) groups excluding carboxylic acids is 2. The van der Waals surface area contributed by atoms with E-state index in [1.54, 1.807) is 64.3 Å². The van der Waals surface area contributed by atoms with Gasteiger partial charge >= 0.3 is 0 Å². The van der Waals surface area contributed by atoms with E-state index < -0.39 is 0 Å². The zero-order valence-corrected chi connectivity index (χ0v) is 18.2. The highest BCUT2D eigenvalue weighted by molar-refractivity contribution is 8.00. The van der Waals surface area contributed by atoms with E-state index in [2.05, 4.69) is 0 Å². The number of amides is 1. The van der Waals surface area contributed by atoms with Crippen molar-refractivity contribution in [2.24, 2.45) is 5.73 Å². The summed E-state index contributed by atoms with van der Waals surface area (Å²) in [6.07, 6.45) is 1.25. The smallest absolute Gasteiger partial charge is 0.253 e. The van der Waals surface area contributed by atoms with E-state index in [4.69, 9.17) is 15.2 Å². The number of rotatable bonds is 5. The molecule has 29 heavy (non-hydrogen) atoms. The quantitative estimate of drug-likeness (QED) is 0.749. The Balaban J connectivity index is 0.000000208. The SMILES string of the molecule is CN(C)C(=O)c1ccc(CC=O)cc1.COc1cc2c(cc1OC)N(C)C(N)S2. The van der Waals surface area contributed by atoms with Crippen molar-refractivity contribution in [3.63, 3.8) is 0 Å². The maximum Gasteiger partial charge on any atom is 0.253 e. The molecule has 1 aliphatic heterocycles. The Hall–Kier alpha value is -2.71. The van der Waals surface area contributed by atoms with Crippen LogP contribution in [0.1, 0.15) is 15.9 Å². The Labute approximate surface area is 175 Å². The van der Waals surface area contributed by atoms with Crippen molar-refractivity contribution in [2.75, 3.05) is 40.3 Å². The first-order valence-corrected chi connectivity index (χ1v) is 9.85. The molecule has 2 N–H and O–H groups in total. The Morgan fingerprint density at radius 1 is 1.17 bits per heavy atom. The molecule has 2 aromatic rings. The zero-order chi connectivity index (χ0) is 21.6. The largest absolute Gasteiger partial charge is 0.493 e. The van der Waals surface area contributed by atoms with Crippen LogP contribution in [0.3, 0.4) is 0 Å². The van der Waals surface area contributed by atoms with Crippen molar-refractivity contribution < 1.29 is 19.1 Å². The summed E-state index contributed by atoms with van der Waals surface area (Å²) in [6, 6.07) is 11.0. The van der Waals surface area contributed by atoms with Crippen molar-refractivity contribution in [1.82, 2.24) is 4.90 Å². The number of benzene rings is 2. The molecule has 7 nitrogen and oxygen atoms in total. The van der Waals surface area contributed by atoms with Gasteiger partial charge < -0.3 is 29.8 Å². The highest BCUT2D eigenvalue weighted by atomic mass is 32.2. The Morgan fingerprint density at radius 3 is 2.28 bits per heavy atom. The molecule has 1 aliphatic rings. The van der Waals surface area contributed by atoms with E-state index in [1.165, 1.54) is 4.90 Å². The third kappa shape index (κ3) is 5.42. The fourth-order valence-corrected chi connectivity index (χ4v) is 3.73. The Kier molecular flexibility index (Phi) is 7.92. The number of fused-ring (bicyclic) bond motifs is 1. The second-order valence-corrected chi connectivity index (χ2v) is 7.72.